The standard InChI is InChI=1S/C15H14F3N3O2.C4H11N/c1-9-3-11(5-12(4-9)23-15(16,17)18)7-20-14(22)13-8-19-6-10(2)21-13;1-4(2,3)5/h3-6,8H,7H2,1-2H3,(H,20,22);5H2,1-3H3. The molecule has 154 valence electrons. The maximum Gasteiger partial charge on any atom is 0.573 e. The molecule has 0 spiro atoms. The Hall–Kier alpha value is -2.68. The molecule has 0 saturated heterocycles. The van der Waals surface area contributed by atoms with Crippen LogP contribution in [0.15, 0.2) is 30.6 Å². The van der Waals surface area contributed by atoms with Crippen molar-refractivity contribution in [3.63, 3.8) is 0 Å². The summed E-state index contributed by atoms with van der Waals surface area (Å²) in [5.41, 5.74) is 7.16. The number of nitrogens with zero attached hydrogens (tertiary/aromatic N) is 2. The van der Waals surface area contributed by atoms with Crippen LogP contribution in [0.25, 0.3) is 0 Å². The summed E-state index contributed by atoms with van der Waals surface area (Å²) in [4.78, 5) is 19.8. The van der Waals surface area contributed by atoms with Crippen LogP contribution in [0.2, 0.25) is 0 Å². The number of hydrogen-bond acceptors (Lipinski definition) is 5. The molecular formula is C19H25F3N4O2. The van der Waals surface area contributed by atoms with Gasteiger partial charge >= 0.3 is 6.36 Å². The van der Waals surface area contributed by atoms with E-state index in [0.29, 0.717) is 16.8 Å². The number of rotatable bonds is 4. The first-order valence-corrected chi connectivity index (χ1v) is 8.45. The number of nitrogens with one attached hydrogen (secondary N) is 1. The van der Waals surface area contributed by atoms with Crippen LogP contribution in [0.3, 0.4) is 0 Å². The molecule has 6 nitrogen and oxygen atoms in total. The van der Waals surface area contributed by atoms with Crippen molar-refractivity contribution >= 4 is 5.91 Å². The average molecular weight is 398 g/mol. The van der Waals surface area contributed by atoms with E-state index in [1.165, 1.54) is 24.5 Å². The van der Waals surface area contributed by atoms with Crippen LogP contribution < -0.4 is 15.8 Å². The molecule has 0 radical (unpaired) electrons. The summed E-state index contributed by atoms with van der Waals surface area (Å²) >= 11 is 0. The molecule has 9 heteroatoms. The molecule has 1 heterocycles. The zero-order valence-electron chi connectivity index (χ0n) is 16.5. The molecule has 2 aromatic rings. The number of benzene rings is 1. The molecule has 1 aromatic carbocycles. The molecule has 28 heavy (non-hydrogen) atoms. The first-order valence-electron chi connectivity index (χ1n) is 8.45. The number of hydrogen-bond donors (Lipinski definition) is 2. The van der Waals surface area contributed by atoms with Crippen LogP contribution in [0.5, 0.6) is 5.75 Å². The predicted molar refractivity (Wildman–Crippen MR) is 99.7 cm³/mol. The van der Waals surface area contributed by atoms with E-state index in [1.807, 2.05) is 20.8 Å². The highest BCUT2D eigenvalue weighted by Crippen LogP contribution is 2.24. The van der Waals surface area contributed by atoms with Gasteiger partial charge in [0.25, 0.3) is 5.91 Å². The lowest BCUT2D eigenvalue weighted by Gasteiger charge is -2.12. The Bertz CT molecular complexity index is 796. The highest BCUT2D eigenvalue weighted by Gasteiger charge is 2.31. The molecule has 3 N–H and O–H groups in total. The molecule has 0 aliphatic rings. The number of halogens is 3. The molecule has 1 aromatic heterocycles. The van der Waals surface area contributed by atoms with Crippen molar-refractivity contribution in [1.29, 1.82) is 0 Å². The largest absolute Gasteiger partial charge is 0.573 e. The van der Waals surface area contributed by atoms with Crippen LogP contribution >= 0.6 is 0 Å². The summed E-state index contributed by atoms with van der Waals surface area (Å²) in [6, 6.07) is 4.15. The fraction of sp³-hybridized carbons (Fsp3) is 0.421. The highest BCUT2D eigenvalue weighted by molar-refractivity contribution is 5.91. The summed E-state index contributed by atoms with van der Waals surface area (Å²) in [5, 5.41) is 2.58. The molecule has 0 aliphatic carbocycles. The van der Waals surface area contributed by atoms with Gasteiger partial charge in [0.2, 0.25) is 0 Å². The van der Waals surface area contributed by atoms with Crippen LogP contribution in [0.1, 0.15) is 48.1 Å². The molecule has 2 rings (SSSR count). The van der Waals surface area contributed by atoms with E-state index in [0.717, 1.165) is 0 Å². The molecule has 0 bridgehead atoms. The number of nitrogens with two attached hydrogens (primary N) is 1. The maximum absolute atomic E-state index is 12.3. The summed E-state index contributed by atoms with van der Waals surface area (Å²) in [5.74, 6) is -0.780. The van der Waals surface area contributed by atoms with Crippen molar-refractivity contribution in [2.24, 2.45) is 5.73 Å². The van der Waals surface area contributed by atoms with Crippen LogP contribution in [-0.4, -0.2) is 27.8 Å². The van der Waals surface area contributed by atoms with Crippen LogP contribution in [-0.2, 0) is 6.54 Å². The van der Waals surface area contributed by atoms with Crippen molar-refractivity contribution in [1.82, 2.24) is 15.3 Å². The third-order valence-corrected chi connectivity index (χ3v) is 2.78. The van der Waals surface area contributed by atoms with Crippen molar-refractivity contribution in [2.45, 2.75) is 53.1 Å². The summed E-state index contributed by atoms with van der Waals surface area (Å²) in [6.07, 6.45) is -1.93. The van der Waals surface area contributed by atoms with Gasteiger partial charge in [0.1, 0.15) is 11.4 Å². The van der Waals surface area contributed by atoms with Gasteiger partial charge in [-0.15, -0.1) is 13.2 Å². The fourth-order valence-electron chi connectivity index (χ4n) is 1.96. The Kier molecular flexibility index (Phi) is 7.92. The number of carbonyl (C=O) groups excluding carboxylic acids is 1. The lowest BCUT2D eigenvalue weighted by molar-refractivity contribution is -0.274. The minimum absolute atomic E-state index is 0. The Morgan fingerprint density at radius 3 is 2.29 bits per heavy atom. The molecule has 0 aliphatic heterocycles. The summed E-state index contributed by atoms with van der Waals surface area (Å²) in [7, 11) is 0. The minimum Gasteiger partial charge on any atom is -0.406 e. The number of alkyl halides is 3. The molecule has 0 saturated carbocycles. The second kappa shape index (κ2) is 9.50. The second-order valence-electron chi connectivity index (χ2n) is 7.30. The number of ether oxygens (including phenoxy) is 1. The number of carbonyl (C=O) groups is 1. The van der Waals surface area contributed by atoms with Gasteiger partial charge in [-0.2, -0.15) is 0 Å². The Balaban J connectivity index is 0.000000696. The number of aryl methyl sites for hydroxylation is 2. The van der Waals surface area contributed by atoms with E-state index in [-0.39, 0.29) is 23.5 Å². The van der Waals surface area contributed by atoms with Crippen LogP contribution in [0, 0.1) is 13.8 Å². The molecule has 0 unspecified atom stereocenters. The van der Waals surface area contributed by atoms with Crippen molar-refractivity contribution in [2.75, 3.05) is 0 Å². The first kappa shape index (κ1) is 23.4. The number of aromatic nitrogens is 2. The monoisotopic (exact) mass is 398 g/mol. The van der Waals surface area contributed by atoms with Crippen molar-refractivity contribution < 1.29 is 22.7 Å². The second-order valence-corrected chi connectivity index (χ2v) is 7.30. The Morgan fingerprint density at radius 2 is 1.75 bits per heavy atom. The lowest BCUT2D eigenvalue weighted by atomic mass is 10.1. The highest BCUT2D eigenvalue weighted by atomic mass is 19.4. The van der Waals surface area contributed by atoms with Gasteiger partial charge in [-0.25, -0.2) is 4.98 Å². The predicted octanol–water partition coefficient (Wildman–Crippen LogP) is 3.67. The number of amides is 1. The van der Waals surface area contributed by atoms with E-state index in [2.05, 4.69) is 20.0 Å². The van der Waals surface area contributed by atoms with Gasteiger partial charge in [-0.3, -0.25) is 9.78 Å². The minimum atomic E-state index is -4.76. The van der Waals surface area contributed by atoms with Gasteiger partial charge in [0.15, 0.2) is 0 Å². The van der Waals surface area contributed by atoms with Gasteiger partial charge in [0, 0.05) is 18.3 Å². The van der Waals surface area contributed by atoms with Gasteiger partial charge in [-0.05, 0) is 57.9 Å². The van der Waals surface area contributed by atoms with Crippen LogP contribution in [0.4, 0.5) is 13.2 Å². The van der Waals surface area contributed by atoms with Crippen molar-refractivity contribution in [3.8, 4) is 5.75 Å². The van der Waals surface area contributed by atoms with Crippen molar-refractivity contribution in [3.05, 3.63) is 53.1 Å². The normalized spacial score (nSPS) is 11.3. The zero-order valence-corrected chi connectivity index (χ0v) is 16.5. The average Bonchev–Trinajstić information content (AvgIpc) is 2.48. The quantitative estimate of drug-likeness (QED) is 0.820. The third-order valence-electron chi connectivity index (χ3n) is 2.78. The molecular weight excluding hydrogens is 373 g/mol. The third kappa shape index (κ3) is 10.5. The Labute approximate surface area is 162 Å². The van der Waals surface area contributed by atoms with E-state index >= 15 is 0 Å². The van der Waals surface area contributed by atoms with E-state index in [9.17, 15) is 18.0 Å². The SMILES string of the molecule is CC(C)(C)N.Cc1cc(CNC(=O)c2cncc(C)n2)cc(OC(F)(F)F)c1. The maximum atomic E-state index is 12.3. The smallest absolute Gasteiger partial charge is 0.406 e. The molecule has 0 fully saturated rings. The van der Waals surface area contributed by atoms with E-state index < -0.39 is 12.3 Å². The summed E-state index contributed by atoms with van der Waals surface area (Å²) in [6.45, 7) is 9.28. The molecule has 1 amide bonds. The topological polar surface area (TPSA) is 90.1 Å². The lowest BCUT2D eigenvalue weighted by Crippen LogP contribution is -2.26. The van der Waals surface area contributed by atoms with Gasteiger partial charge in [0.05, 0.1) is 11.9 Å². The van der Waals surface area contributed by atoms with E-state index in [4.69, 9.17) is 5.73 Å². The fourth-order valence-corrected chi connectivity index (χ4v) is 1.96. The zero-order chi connectivity index (χ0) is 21.5. The first-order chi connectivity index (χ1) is 12.7. The Morgan fingerprint density at radius 1 is 1.14 bits per heavy atom. The van der Waals surface area contributed by atoms with Gasteiger partial charge < -0.3 is 15.8 Å². The van der Waals surface area contributed by atoms with Gasteiger partial charge in [-0.1, -0.05) is 6.07 Å². The molecule has 0 atom stereocenters. The van der Waals surface area contributed by atoms with E-state index in [1.54, 1.807) is 19.9 Å². The summed E-state index contributed by atoms with van der Waals surface area (Å²) < 4.78 is 40.7.